The van der Waals surface area contributed by atoms with Crippen molar-refractivity contribution in [2.24, 2.45) is 11.7 Å². The molecule has 0 spiro atoms. The van der Waals surface area contributed by atoms with Gasteiger partial charge in [-0.25, -0.2) is 0 Å². The Morgan fingerprint density at radius 1 is 1.31 bits per heavy atom. The molecule has 0 saturated carbocycles. The fraction of sp³-hybridized carbons (Fsp3) is 0.909. The number of hydrogen-bond acceptors (Lipinski definition) is 3. The van der Waals surface area contributed by atoms with Crippen molar-refractivity contribution in [3.8, 4) is 0 Å². The number of nitrogens with two attached hydrogens (primary N) is 1. The molecule has 2 rings (SSSR count). The average molecular weight is 265 g/mol. The molecule has 2 fully saturated rings. The zero-order valence-electron chi connectivity index (χ0n) is 9.56. The maximum Gasteiger partial charge on any atom is 0.226 e. The van der Waals surface area contributed by atoms with Crippen LogP contribution in [0.4, 0.5) is 0 Å². The maximum atomic E-state index is 12.2. The normalized spacial score (nSPS) is 26.6. The van der Waals surface area contributed by atoms with Gasteiger partial charge in [-0.1, -0.05) is 0 Å². The predicted molar refractivity (Wildman–Crippen MR) is 71.1 cm³/mol. The molecular weight excluding hydrogens is 244 g/mol. The van der Waals surface area contributed by atoms with Gasteiger partial charge in [-0.15, -0.1) is 12.4 Å². The zero-order chi connectivity index (χ0) is 10.7. The zero-order valence-corrected chi connectivity index (χ0v) is 11.2. The molecule has 16 heavy (non-hydrogen) atoms. The lowest BCUT2D eigenvalue weighted by Gasteiger charge is -2.29. The third kappa shape index (κ3) is 3.05. The van der Waals surface area contributed by atoms with Crippen LogP contribution in [0.1, 0.15) is 25.7 Å². The molecule has 2 saturated heterocycles. The number of hydrogen-bond donors (Lipinski definition) is 1. The van der Waals surface area contributed by atoms with Crippen molar-refractivity contribution in [1.29, 1.82) is 0 Å². The first kappa shape index (κ1) is 14.1. The summed E-state index contributed by atoms with van der Waals surface area (Å²) in [6, 6.07) is 0.326. The summed E-state index contributed by atoms with van der Waals surface area (Å²) in [5.41, 5.74) is 5.69. The fourth-order valence-electron chi connectivity index (χ4n) is 2.55. The van der Waals surface area contributed by atoms with Gasteiger partial charge in [0.1, 0.15) is 0 Å². The van der Waals surface area contributed by atoms with E-state index in [9.17, 15) is 4.79 Å². The highest BCUT2D eigenvalue weighted by Crippen LogP contribution is 2.27. The summed E-state index contributed by atoms with van der Waals surface area (Å²) in [5, 5.41) is 0. The number of thioether (sulfide) groups is 1. The minimum atomic E-state index is 0. The van der Waals surface area contributed by atoms with Gasteiger partial charge in [0.2, 0.25) is 5.91 Å². The van der Waals surface area contributed by atoms with Crippen LogP contribution >= 0.6 is 24.2 Å². The molecule has 94 valence electrons. The second-order valence-electron chi connectivity index (χ2n) is 4.45. The van der Waals surface area contributed by atoms with Gasteiger partial charge >= 0.3 is 0 Å². The SMILES string of the molecule is Cl.NCC1CCCN1C(=O)C1CCSCC1. The van der Waals surface area contributed by atoms with Crippen molar-refractivity contribution in [2.75, 3.05) is 24.6 Å². The van der Waals surface area contributed by atoms with Crippen LogP contribution in [0, 0.1) is 5.92 Å². The smallest absolute Gasteiger partial charge is 0.226 e. The van der Waals surface area contributed by atoms with E-state index in [0.717, 1.165) is 43.7 Å². The molecule has 2 aliphatic rings. The van der Waals surface area contributed by atoms with Crippen LogP contribution in [0.25, 0.3) is 0 Å². The molecule has 0 aromatic carbocycles. The number of rotatable bonds is 2. The number of nitrogens with zero attached hydrogens (tertiary/aromatic N) is 1. The number of carbonyl (C=O) groups is 1. The number of carbonyl (C=O) groups excluding carboxylic acids is 1. The molecule has 0 radical (unpaired) electrons. The minimum absolute atomic E-state index is 0. The van der Waals surface area contributed by atoms with Crippen LogP contribution in [0.5, 0.6) is 0 Å². The highest BCUT2D eigenvalue weighted by molar-refractivity contribution is 7.99. The van der Waals surface area contributed by atoms with E-state index in [0.29, 0.717) is 24.4 Å². The molecule has 2 aliphatic heterocycles. The van der Waals surface area contributed by atoms with Crippen LogP contribution < -0.4 is 5.73 Å². The van der Waals surface area contributed by atoms with Crippen molar-refractivity contribution in [2.45, 2.75) is 31.7 Å². The molecule has 2 heterocycles. The van der Waals surface area contributed by atoms with Crippen molar-refractivity contribution in [3.63, 3.8) is 0 Å². The average Bonchev–Trinajstić information content (AvgIpc) is 2.77. The van der Waals surface area contributed by atoms with Crippen LogP contribution in [0.15, 0.2) is 0 Å². The third-order valence-electron chi connectivity index (χ3n) is 3.50. The lowest BCUT2D eigenvalue weighted by Crippen LogP contribution is -2.43. The summed E-state index contributed by atoms with van der Waals surface area (Å²) >= 11 is 1.97. The first-order chi connectivity index (χ1) is 7.33. The molecular formula is C11H21ClN2OS. The predicted octanol–water partition coefficient (Wildman–Crippen LogP) is 1.50. The van der Waals surface area contributed by atoms with Crippen molar-refractivity contribution >= 4 is 30.1 Å². The van der Waals surface area contributed by atoms with E-state index in [1.54, 1.807) is 0 Å². The van der Waals surface area contributed by atoms with Crippen LogP contribution in [0.3, 0.4) is 0 Å². The van der Waals surface area contributed by atoms with Gasteiger partial charge in [0.05, 0.1) is 0 Å². The van der Waals surface area contributed by atoms with Crippen LogP contribution in [-0.2, 0) is 4.79 Å². The molecule has 5 heteroatoms. The molecule has 3 nitrogen and oxygen atoms in total. The summed E-state index contributed by atoms with van der Waals surface area (Å²) in [6.07, 6.45) is 4.37. The van der Waals surface area contributed by atoms with Crippen LogP contribution in [0.2, 0.25) is 0 Å². The maximum absolute atomic E-state index is 12.2. The Balaban J connectivity index is 0.00000128. The second kappa shape index (κ2) is 6.72. The Labute approximate surface area is 108 Å². The Morgan fingerprint density at radius 3 is 2.62 bits per heavy atom. The summed E-state index contributed by atoms with van der Waals surface area (Å²) in [7, 11) is 0. The van der Waals surface area contributed by atoms with Crippen molar-refractivity contribution < 1.29 is 4.79 Å². The topological polar surface area (TPSA) is 46.3 Å². The van der Waals surface area contributed by atoms with Gasteiger partial charge in [0, 0.05) is 25.0 Å². The first-order valence-corrected chi connectivity index (χ1v) is 7.06. The summed E-state index contributed by atoms with van der Waals surface area (Å²) in [6.45, 7) is 1.57. The molecule has 0 aromatic heterocycles. The van der Waals surface area contributed by atoms with E-state index in [4.69, 9.17) is 5.73 Å². The van der Waals surface area contributed by atoms with Gasteiger partial charge in [0.15, 0.2) is 0 Å². The van der Waals surface area contributed by atoms with E-state index >= 15 is 0 Å². The Bertz CT molecular complexity index is 234. The van der Waals surface area contributed by atoms with Gasteiger partial charge in [-0.3, -0.25) is 4.79 Å². The molecule has 0 bridgehead atoms. The molecule has 2 N–H and O–H groups in total. The van der Waals surface area contributed by atoms with Gasteiger partial charge < -0.3 is 10.6 Å². The lowest BCUT2D eigenvalue weighted by molar-refractivity contribution is -0.136. The molecule has 0 aliphatic carbocycles. The Morgan fingerprint density at radius 2 is 2.00 bits per heavy atom. The Kier molecular flexibility index (Phi) is 5.94. The van der Waals surface area contributed by atoms with Gasteiger partial charge in [-0.05, 0) is 37.2 Å². The summed E-state index contributed by atoms with van der Waals surface area (Å²) in [5.74, 6) is 2.97. The van der Waals surface area contributed by atoms with E-state index in [1.807, 2.05) is 16.7 Å². The third-order valence-corrected chi connectivity index (χ3v) is 4.55. The molecule has 1 atom stereocenters. The second-order valence-corrected chi connectivity index (χ2v) is 5.67. The minimum Gasteiger partial charge on any atom is -0.338 e. The first-order valence-electron chi connectivity index (χ1n) is 5.91. The molecule has 1 amide bonds. The van der Waals surface area contributed by atoms with E-state index < -0.39 is 0 Å². The number of halogens is 1. The van der Waals surface area contributed by atoms with E-state index in [-0.39, 0.29) is 12.4 Å². The van der Waals surface area contributed by atoms with Gasteiger partial charge in [0.25, 0.3) is 0 Å². The molecule has 1 unspecified atom stereocenters. The van der Waals surface area contributed by atoms with Crippen LogP contribution in [-0.4, -0.2) is 41.4 Å². The highest BCUT2D eigenvalue weighted by atomic mass is 35.5. The lowest BCUT2D eigenvalue weighted by atomic mass is 10.0. The molecule has 0 aromatic rings. The Hall–Kier alpha value is 0.0700. The fourth-order valence-corrected chi connectivity index (χ4v) is 3.66. The monoisotopic (exact) mass is 264 g/mol. The van der Waals surface area contributed by atoms with E-state index in [2.05, 4.69) is 0 Å². The van der Waals surface area contributed by atoms with Gasteiger partial charge in [-0.2, -0.15) is 11.8 Å². The summed E-state index contributed by atoms with van der Waals surface area (Å²) < 4.78 is 0. The van der Waals surface area contributed by atoms with Crippen molar-refractivity contribution in [1.82, 2.24) is 4.90 Å². The van der Waals surface area contributed by atoms with Crippen molar-refractivity contribution in [3.05, 3.63) is 0 Å². The van der Waals surface area contributed by atoms with E-state index in [1.165, 1.54) is 0 Å². The quantitative estimate of drug-likeness (QED) is 0.822. The summed E-state index contributed by atoms with van der Waals surface area (Å²) in [4.78, 5) is 14.3. The highest BCUT2D eigenvalue weighted by Gasteiger charge is 2.32. The number of amides is 1. The standard InChI is InChI=1S/C11H20N2OS.ClH/c12-8-10-2-1-5-13(10)11(14)9-3-6-15-7-4-9;/h9-10H,1-8,12H2;1H. The number of likely N-dealkylation sites (tertiary alicyclic amines) is 1. The largest absolute Gasteiger partial charge is 0.338 e.